The number of hydrogen-bond acceptors (Lipinski definition) is 6. The molecule has 0 aliphatic carbocycles. The van der Waals surface area contributed by atoms with Crippen LogP contribution in [0.25, 0.3) is 21.5 Å². The second-order valence-corrected chi connectivity index (χ2v) is 11.4. The first kappa shape index (κ1) is 28.0. The average molecular weight is 560 g/mol. The van der Waals surface area contributed by atoms with Gasteiger partial charge in [0, 0.05) is 63.2 Å². The first-order valence-corrected chi connectivity index (χ1v) is 14.8. The summed E-state index contributed by atoms with van der Waals surface area (Å²) in [5.74, 6) is 1.06. The van der Waals surface area contributed by atoms with Crippen molar-refractivity contribution in [3.05, 3.63) is 77.4 Å². The van der Waals surface area contributed by atoms with Crippen LogP contribution in [-0.4, -0.2) is 65.7 Å². The zero-order valence-corrected chi connectivity index (χ0v) is 23.7. The highest BCUT2D eigenvalue weighted by Gasteiger charge is 2.29. The smallest absolute Gasteiger partial charge is 0.261 e. The highest BCUT2D eigenvalue weighted by molar-refractivity contribution is 7.17. The monoisotopic (exact) mass is 559 g/mol. The van der Waals surface area contributed by atoms with Crippen LogP contribution in [0.1, 0.15) is 47.1 Å². The SMILES string of the molecule is COCCCn1c([C@@H]2CCCN(C(=O)C[C@@H](N)CNC(=O)c3ccc(-c4ccccc4)s3)C2)nc2ccccc21. The molecule has 3 heterocycles. The molecular weight excluding hydrogens is 522 g/mol. The molecule has 5 rings (SSSR count). The number of hydrogen-bond donors (Lipinski definition) is 2. The van der Waals surface area contributed by atoms with E-state index in [0.717, 1.165) is 59.7 Å². The van der Waals surface area contributed by atoms with E-state index in [1.807, 2.05) is 65.6 Å². The maximum Gasteiger partial charge on any atom is 0.261 e. The van der Waals surface area contributed by atoms with Crippen LogP contribution in [-0.2, 0) is 16.1 Å². The Kier molecular flexibility index (Phi) is 9.26. The molecule has 8 nitrogen and oxygen atoms in total. The Bertz CT molecular complexity index is 1430. The number of nitrogens with two attached hydrogens (primary N) is 1. The van der Waals surface area contributed by atoms with Gasteiger partial charge in [0.05, 0.1) is 15.9 Å². The molecule has 1 aliphatic heterocycles. The summed E-state index contributed by atoms with van der Waals surface area (Å²) in [5.41, 5.74) is 9.49. The number of nitrogens with one attached hydrogen (secondary N) is 1. The summed E-state index contributed by atoms with van der Waals surface area (Å²) < 4.78 is 7.57. The first-order chi connectivity index (χ1) is 19.5. The fourth-order valence-corrected chi connectivity index (χ4v) is 6.30. The molecule has 2 aromatic heterocycles. The van der Waals surface area contributed by atoms with Crippen LogP contribution >= 0.6 is 11.3 Å². The van der Waals surface area contributed by atoms with Gasteiger partial charge in [-0.15, -0.1) is 11.3 Å². The summed E-state index contributed by atoms with van der Waals surface area (Å²) in [6.45, 7) is 3.11. The molecule has 0 spiro atoms. The third-order valence-corrected chi connectivity index (χ3v) is 8.54. The van der Waals surface area contributed by atoms with E-state index in [-0.39, 0.29) is 30.7 Å². The summed E-state index contributed by atoms with van der Waals surface area (Å²) in [5, 5.41) is 2.91. The Morgan fingerprint density at radius 2 is 1.93 bits per heavy atom. The van der Waals surface area contributed by atoms with Crippen molar-refractivity contribution in [3.63, 3.8) is 0 Å². The van der Waals surface area contributed by atoms with Crippen molar-refractivity contribution in [1.29, 1.82) is 0 Å². The van der Waals surface area contributed by atoms with Gasteiger partial charge in [0.25, 0.3) is 5.91 Å². The van der Waals surface area contributed by atoms with Gasteiger partial charge in [0.1, 0.15) is 5.82 Å². The summed E-state index contributed by atoms with van der Waals surface area (Å²) in [4.78, 5) is 34.5. The van der Waals surface area contributed by atoms with Gasteiger partial charge in [-0.05, 0) is 49.1 Å². The van der Waals surface area contributed by atoms with Gasteiger partial charge in [-0.25, -0.2) is 4.98 Å². The Morgan fingerprint density at radius 3 is 2.75 bits per heavy atom. The summed E-state index contributed by atoms with van der Waals surface area (Å²) in [6.07, 6.45) is 3.01. The molecule has 40 heavy (non-hydrogen) atoms. The lowest BCUT2D eigenvalue weighted by atomic mass is 9.96. The predicted octanol–water partition coefficient (Wildman–Crippen LogP) is 4.65. The second-order valence-electron chi connectivity index (χ2n) is 10.3. The Balaban J connectivity index is 1.16. The van der Waals surface area contributed by atoms with Crippen LogP contribution in [0.4, 0.5) is 0 Å². The van der Waals surface area contributed by atoms with Crippen molar-refractivity contribution in [2.75, 3.05) is 33.4 Å². The van der Waals surface area contributed by atoms with Gasteiger partial charge in [0.2, 0.25) is 5.91 Å². The number of aromatic nitrogens is 2. The average Bonchev–Trinajstić information content (AvgIpc) is 3.63. The molecule has 210 valence electrons. The molecule has 1 aliphatic rings. The van der Waals surface area contributed by atoms with Crippen LogP contribution in [0.15, 0.2) is 66.7 Å². The Hall–Kier alpha value is -3.53. The van der Waals surface area contributed by atoms with E-state index in [9.17, 15) is 9.59 Å². The van der Waals surface area contributed by atoms with Crippen LogP contribution in [0, 0.1) is 0 Å². The summed E-state index contributed by atoms with van der Waals surface area (Å²) in [6, 6.07) is 21.5. The van der Waals surface area contributed by atoms with Gasteiger partial charge in [-0.1, -0.05) is 42.5 Å². The molecule has 2 aromatic carbocycles. The molecule has 0 saturated carbocycles. The van der Waals surface area contributed by atoms with E-state index < -0.39 is 6.04 Å². The second kappa shape index (κ2) is 13.2. The minimum Gasteiger partial charge on any atom is -0.385 e. The van der Waals surface area contributed by atoms with Crippen molar-refractivity contribution < 1.29 is 14.3 Å². The zero-order chi connectivity index (χ0) is 27.9. The van der Waals surface area contributed by atoms with Crippen molar-refractivity contribution in [2.24, 2.45) is 5.73 Å². The van der Waals surface area contributed by atoms with Gasteiger partial charge in [-0.2, -0.15) is 0 Å². The van der Waals surface area contributed by atoms with E-state index in [4.69, 9.17) is 15.5 Å². The number of likely N-dealkylation sites (tertiary alicyclic amines) is 1. The van der Waals surface area contributed by atoms with Crippen molar-refractivity contribution in [2.45, 2.75) is 44.2 Å². The highest BCUT2D eigenvalue weighted by Crippen LogP contribution is 2.30. The number of amides is 2. The number of methoxy groups -OCH3 is 1. The minimum atomic E-state index is -0.455. The lowest BCUT2D eigenvalue weighted by Crippen LogP contribution is -2.44. The third kappa shape index (κ3) is 6.60. The molecule has 3 N–H and O–H groups in total. The van der Waals surface area contributed by atoms with Gasteiger partial charge in [-0.3, -0.25) is 9.59 Å². The molecule has 2 atom stereocenters. The van der Waals surface area contributed by atoms with Crippen LogP contribution < -0.4 is 11.1 Å². The number of ether oxygens (including phenoxy) is 1. The number of aryl methyl sites for hydroxylation is 1. The molecule has 1 saturated heterocycles. The quantitative estimate of drug-likeness (QED) is 0.260. The number of thiophene rings is 1. The third-order valence-electron chi connectivity index (χ3n) is 7.40. The Morgan fingerprint density at radius 1 is 1.12 bits per heavy atom. The van der Waals surface area contributed by atoms with Crippen molar-refractivity contribution in [1.82, 2.24) is 19.8 Å². The van der Waals surface area contributed by atoms with E-state index in [1.165, 1.54) is 11.3 Å². The van der Waals surface area contributed by atoms with Gasteiger partial charge >= 0.3 is 0 Å². The molecule has 1 fully saturated rings. The van der Waals surface area contributed by atoms with Gasteiger partial charge in [0.15, 0.2) is 0 Å². The van der Waals surface area contributed by atoms with Crippen LogP contribution in [0.2, 0.25) is 0 Å². The number of carbonyl (C=O) groups excluding carboxylic acids is 2. The van der Waals surface area contributed by atoms with E-state index in [0.29, 0.717) is 18.0 Å². The standard InChI is InChI=1S/C31H37N5O3S/c1-39-18-8-17-36-26-13-6-5-12-25(26)34-30(36)23-11-7-16-35(21-23)29(37)19-24(32)20-33-31(38)28-15-14-27(40-28)22-9-3-2-4-10-22/h2-6,9-10,12-15,23-24H,7-8,11,16-21,32H2,1H3,(H,33,38)/t23-,24-/m1/s1. The first-order valence-electron chi connectivity index (χ1n) is 13.9. The van der Waals surface area contributed by atoms with Crippen LogP contribution in [0.3, 0.4) is 0 Å². The van der Waals surface area contributed by atoms with Crippen molar-refractivity contribution in [3.8, 4) is 10.4 Å². The molecule has 0 unspecified atom stereocenters. The van der Waals surface area contributed by atoms with Gasteiger partial charge < -0.3 is 25.3 Å². The fourth-order valence-electron chi connectivity index (χ4n) is 5.38. The number of benzene rings is 2. The maximum atomic E-state index is 13.2. The number of para-hydroxylation sites is 2. The highest BCUT2D eigenvalue weighted by atomic mass is 32.1. The van der Waals surface area contributed by atoms with Crippen LogP contribution in [0.5, 0.6) is 0 Å². The molecule has 9 heteroatoms. The van der Waals surface area contributed by atoms with E-state index in [1.54, 1.807) is 7.11 Å². The largest absolute Gasteiger partial charge is 0.385 e. The number of piperidine rings is 1. The lowest BCUT2D eigenvalue weighted by molar-refractivity contribution is -0.132. The number of rotatable bonds is 11. The number of imidazole rings is 1. The normalized spacial score (nSPS) is 16.2. The molecule has 0 bridgehead atoms. The molecule has 0 radical (unpaired) electrons. The lowest BCUT2D eigenvalue weighted by Gasteiger charge is -2.33. The predicted molar refractivity (Wildman–Crippen MR) is 159 cm³/mol. The minimum absolute atomic E-state index is 0.0241. The number of carbonyl (C=O) groups is 2. The topological polar surface area (TPSA) is 102 Å². The number of nitrogens with zero attached hydrogens (tertiary/aromatic N) is 3. The Labute approximate surface area is 239 Å². The number of fused-ring (bicyclic) bond motifs is 1. The molecular formula is C31H37N5O3S. The van der Waals surface area contributed by atoms with E-state index >= 15 is 0 Å². The summed E-state index contributed by atoms with van der Waals surface area (Å²) >= 11 is 1.45. The van der Waals surface area contributed by atoms with E-state index in [2.05, 4.69) is 16.0 Å². The molecule has 2 amide bonds. The zero-order valence-electron chi connectivity index (χ0n) is 22.9. The summed E-state index contributed by atoms with van der Waals surface area (Å²) in [7, 11) is 1.72. The fraction of sp³-hybridized carbons (Fsp3) is 0.387. The van der Waals surface area contributed by atoms with Crippen molar-refractivity contribution >= 4 is 34.2 Å². The maximum absolute atomic E-state index is 13.2. The molecule has 4 aromatic rings.